The molecule has 1 aromatic carbocycles. The number of anilines is 1. The summed E-state index contributed by atoms with van der Waals surface area (Å²) in [6.07, 6.45) is 0.668. The number of amides is 1. The van der Waals surface area contributed by atoms with Crippen LogP contribution in [0.3, 0.4) is 0 Å². The number of hydrogen-bond acceptors (Lipinski definition) is 5. The molecule has 1 aromatic heterocycles. The number of ether oxygens (including phenoxy) is 1. The van der Waals surface area contributed by atoms with E-state index >= 15 is 0 Å². The average molecular weight is 313 g/mol. The summed E-state index contributed by atoms with van der Waals surface area (Å²) in [4.78, 5) is 15.4. The summed E-state index contributed by atoms with van der Waals surface area (Å²) in [6.45, 7) is 1.09. The molecule has 0 atom stereocenters. The number of methoxy groups -OCH3 is 1. The van der Waals surface area contributed by atoms with Crippen molar-refractivity contribution in [3.8, 4) is 11.8 Å². The standard InChI is InChI=1S/C16H15N3O2S/c1-21-11-4-2-3-10(7-11)16(20)19-6-5-12-13(8-17)15(18)22-14(12)9-19/h2-4,7H,5-6,9,18H2,1H3. The number of nitrogens with two attached hydrogens (primary N) is 1. The smallest absolute Gasteiger partial charge is 0.254 e. The molecule has 5 nitrogen and oxygen atoms in total. The van der Waals surface area contributed by atoms with Gasteiger partial charge in [-0.05, 0) is 30.2 Å². The van der Waals surface area contributed by atoms with Gasteiger partial charge in [0.05, 0.1) is 19.2 Å². The molecule has 1 aliphatic rings. The first kappa shape index (κ1) is 14.4. The molecule has 0 aliphatic carbocycles. The Hall–Kier alpha value is -2.52. The van der Waals surface area contributed by atoms with Crippen molar-refractivity contribution in [3.63, 3.8) is 0 Å². The van der Waals surface area contributed by atoms with Crippen molar-refractivity contribution in [2.24, 2.45) is 0 Å². The second-order valence-corrected chi connectivity index (χ2v) is 6.20. The van der Waals surface area contributed by atoms with Gasteiger partial charge in [0.2, 0.25) is 0 Å². The highest BCUT2D eigenvalue weighted by Crippen LogP contribution is 2.35. The van der Waals surface area contributed by atoms with Crippen LogP contribution < -0.4 is 10.5 Å². The Morgan fingerprint density at radius 3 is 3.05 bits per heavy atom. The van der Waals surface area contributed by atoms with Crippen molar-refractivity contribution in [1.82, 2.24) is 4.90 Å². The maximum atomic E-state index is 12.6. The van der Waals surface area contributed by atoms with Crippen LogP contribution in [-0.2, 0) is 13.0 Å². The number of hydrogen-bond donors (Lipinski definition) is 1. The van der Waals surface area contributed by atoms with Gasteiger partial charge >= 0.3 is 0 Å². The molecule has 3 rings (SSSR count). The summed E-state index contributed by atoms with van der Waals surface area (Å²) in [5, 5.41) is 9.70. The third-order valence-electron chi connectivity index (χ3n) is 3.80. The minimum absolute atomic E-state index is 0.0324. The van der Waals surface area contributed by atoms with Crippen LogP contribution in [0, 0.1) is 11.3 Å². The van der Waals surface area contributed by atoms with Crippen molar-refractivity contribution in [3.05, 3.63) is 45.8 Å². The van der Waals surface area contributed by atoms with E-state index < -0.39 is 0 Å². The summed E-state index contributed by atoms with van der Waals surface area (Å²) in [5.74, 6) is 0.630. The number of thiophene rings is 1. The van der Waals surface area contributed by atoms with Gasteiger partial charge < -0.3 is 15.4 Å². The van der Waals surface area contributed by atoms with Crippen LogP contribution in [0.1, 0.15) is 26.4 Å². The second kappa shape index (κ2) is 5.70. The number of nitrogens with zero attached hydrogens (tertiary/aromatic N) is 2. The Labute approximate surface area is 132 Å². The molecule has 0 saturated carbocycles. The first-order valence-corrected chi connectivity index (χ1v) is 7.69. The molecule has 0 saturated heterocycles. The lowest BCUT2D eigenvalue weighted by atomic mass is 10.0. The molecule has 22 heavy (non-hydrogen) atoms. The molecule has 112 valence electrons. The lowest BCUT2D eigenvalue weighted by molar-refractivity contribution is 0.0736. The molecule has 2 heterocycles. The number of carbonyl (C=O) groups excluding carboxylic acids is 1. The Kier molecular flexibility index (Phi) is 3.73. The Morgan fingerprint density at radius 2 is 2.32 bits per heavy atom. The van der Waals surface area contributed by atoms with Crippen LogP contribution in [-0.4, -0.2) is 24.5 Å². The highest BCUT2D eigenvalue weighted by molar-refractivity contribution is 7.16. The number of carbonyl (C=O) groups is 1. The van der Waals surface area contributed by atoms with E-state index in [1.165, 1.54) is 11.3 Å². The Bertz CT molecular complexity index is 776. The fourth-order valence-electron chi connectivity index (χ4n) is 2.66. The molecule has 2 aromatic rings. The second-order valence-electron chi connectivity index (χ2n) is 5.06. The van der Waals surface area contributed by atoms with Gasteiger partial charge in [0.15, 0.2) is 0 Å². The van der Waals surface area contributed by atoms with E-state index in [0.717, 1.165) is 10.4 Å². The topological polar surface area (TPSA) is 79.3 Å². The normalized spacial score (nSPS) is 13.4. The molecular formula is C16H15N3O2S. The van der Waals surface area contributed by atoms with Crippen LogP contribution >= 0.6 is 11.3 Å². The number of nitrogen functional groups attached to an aromatic ring is 1. The Balaban J connectivity index is 1.85. The predicted molar refractivity (Wildman–Crippen MR) is 84.9 cm³/mol. The van der Waals surface area contributed by atoms with E-state index in [9.17, 15) is 4.79 Å². The van der Waals surface area contributed by atoms with Crippen molar-refractivity contribution in [2.45, 2.75) is 13.0 Å². The quantitative estimate of drug-likeness (QED) is 0.923. The molecule has 0 radical (unpaired) electrons. The molecule has 0 spiro atoms. The largest absolute Gasteiger partial charge is 0.497 e. The first-order chi connectivity index (χ1) is 10.6. The van der Waals surface area contributed by atoms with Crippen molar-refractivity contribution < 1.29 is 9.53 Å². The van der Waals surface area contributed by atoms with Crippen molar-refractivity contribution >= 4 is 22.2 Å². The Morgan fingerprint density at radius 1 is 1.50 bits per heavy atom. The van der Waals surface area contributed by atoms with Crippen molar-refractivity contribution in [1.29, 1.82) is 5.26 Å². The van der Waals surface area contributed by atoms with Crippen LogP contribution in [0.2, 0.25) is 0 Å². The van der Waals surface area contributed by atoms with Crippen LogP contribution in [0.5, 0.6) is 5.75 Å². The van der Waals surface area contributed by atoms with Gasteiger partial charge in [0, 0.05) is 17.0 Å². The maximum absolute atomic E-state index is 12.6. The third kappa shape index (κ3) is 2.40. The summed E-state index contributed by atoms with van der Waals surface area (Å²) in [5.41, 5.74) is 8.06. The minimum Gasteiger partial charge on any atom is -0.497 e. The van der Waals surface area contributed by atoms with Gasteiger partial charge in [-0.25, -0.2) is 0 Å². The molecule has 6 heteroatoms. The zero-order valence-corrected chi connectivity index (χ0v) is 12.9. The number of benzene rings is 1. The van der Waals surface area contributed by atoms with E-state index in [0.29, 0.717) is 41.4 Å². The summed E-state index contributed by atoms with van der Waals surface area (Å²) in [7, 11) is 1.58. The molecule has 2 N–H and O–H groups in total. The van der Waals surface area contributed by atoms with E-state index in [1.807, 2.05) is 6.07 Å². The fourth-order valence-corrected chi connectivity index (χ4v) is 3.74. The SMILES string of the molecule is COc1cccc(C(=O)N2CCc3c(sc(N)c3C#N)C2)c1. The van der Waals surface area contributed by atoms with Gasteiger partial charge in [-0.15, -0.1) is 11.3 Å². The van der Waals surface area contributed by atoms with Crippen molar-refractivity contribution in [2.75, 3.05) is 19.4 Å². The molecular weight excluding hydrogens is 298 g/mol. The van der Waals surface area contributed by atoms with Gasteiger partial charge in [-0.2, -0.15) is 5.26 Å². The molecule has 0 fully saturated rings. The highest BCUT2D eigenvalue weighted by Gasteiger charge is 2.26. The zero-order valence-electron chi connectivity index (χ0n) is 12.1. The van der Waals surface area contributed by atoms with Crippen LogP contribution in [0.15, 0.2) is 24.3 Å². The lowest BCUT2D eigenvalue weighted by Gasteiger charge is -2.27. The fraction of sp³-hybridized carbons (Fsp3) is 0.250. The molecule has 1 amide bonds. The number of rotatable bonds is 2. The maximum Gasteiger partial charge on any atom is 0.254 e. The average Bonchev–Trinajstić information content (AvgIpc) is 2.88. The molecule has 0 bridgehead atoms. The highest BCUT2D eigenvalue weighted by atomic mass is 32.1. The van der Waals surface area contributed by atoms with Gasteiger partial charge in [0.25, 0.3) is 5.91 Å². The van der Waals surface area contributed by atoms with E-state index in [1.54, 1.807) is 30.2 Å². The molecule has 0 unspecified atom stereocenters. The zero-order chi connectivity index (χ0) is 15.7. The monoisotopic (exact) mass is 313 g/mol. The third-order valence-corrected chi connectivity index (χ3v) is 4.85. The van der Waals surface area contributed by atoms with Crippen LogP contribution in [0.25, 0.3) is 0 Å². The summed E-state index contributed by atoms with van der Waals surface area (Å²) in [6, 6.07) is 9.29. The predicted octanol–water partition coefficient (Wildman–Crippen LogP) is 2.41. The summed E-state index contributed by atoms with van der Waals surface area (Å²) < 4.78 is 5.16. The lowest BCUT2D eigenvalue weighted by Crippen LogP contribution is -2.35. The number of nitriles is 1. The van der Waals surface area contributed by atoms with Gasteiger partial charge in [0.1, 0.15) is 16.8 Å². The summed E-state index contributed by atoms with van der Waals surface area (Å²) >= 11 is 1.40. The molecule has 1 aliphatic heterocycles. The van der Waals surface area contributed by atoms with Gasteiger partial charge in [-0.1, -0.05) is 6.07 Å². The number of fused-ring (bicyclic) bond motifs is 1. The van der Waals surface area contributed by atoms with E-state index in [2.05, 4.69) is 6.07 Å². The van der Waals surface area contributed by atoms with E-state index in [4.69, 9.17) is 15.7 Å². The van der Waals surface area contributed by atoms with E-state index in [-0.39, 0.29) is 5.91 Å². The van der Waals surface area contributed by atoms with Gasteiger partial charge in [-0.3, -0.25) is 4.79 Å². The van der Waals surface area contributed by atoms with Crippen LogP contribution in [0.4, 0.5) is 5.00 Å². The minimum atomic E-state index is -0.0324. The first-order valence-electron chi connectivity index (χ1n) is 6.87.